The second-order valence-corrected chi connectivity index (χ2v) is 2.77. The average molecular weight is 167 g/mol. The first kappa shape index (κ1) is 6.54. The molecule has 0 atom stereocenters. The number of pyridine rings is 1. The highest BCUT2D eigenvalue weighted by Crippen LogP contribution is 2.08. The SMILES string of the molecule is C[n+]1ccc2oc(=S)[nH]c2c1. The number of hydrogen-bond donors (Lipinski definition) is 1. The Morgan fingerprint density at radius 2 is 2.45 bits per heavy atom. The molecule has 1 N–H and O–H groups in total. The van der Waals surface area contributed by atoms with E-state index in [0.29, 0.717) is 4.84 Å². The summed E-state index contributed by atoms with van der Waals surface area (Å²) in [6, 6.07) is 1.88. The van der Waals surface area contributed by atoms with Crippen LogP contribution in [0.4, 0.5) is 0 Å². The molecule has 0 aromatic carbocycles. The summed E-state index contributed by atoms with van der Waals surface area (Å²) in [6.45, 7) is 0. The van der Waals surface area contributed by atoms with Crippen molar-refractivity contribution in [2.45, 2.75) is 0 Å². The van der Waals surface area contributed by atoms with Gasteiger partial charge >= 0.3 is 0 Å². The molecule has 0 bridgehead atoms. The van der Waals surface area contributed by atoms with Gasteiger partial charge < -0.3 is 9.40 Å². The number of nitrogens with one attached hydrogen (secondary N) is 1. The molecule has 2 aromatic rings. The summed E-state index contributed by atoms with van der Waals surface area (Å²) < 4.78 is 7.10. The van der Waals surface area contributed by atoms with Gasteiger partial charge in [0.2, 0.25) is 0 Å². The molecule has 0 saturated carbocycles. The molecule has 0 fully saturated rings. The van der Waals surface area contributed by atoms with E-state index in [1.165, 1.54) is 0 Å². The average Bonchev–Trinajstić information content (AvgIpc) is 2.27. The van der Waals surface area contributed by atoms with Crippen LogP contribution in [-0.2, 0) is 7.05 Å². The van der Waals surface area contributed by atoms with E-state index < -0.39 is 0 Å². The summed E-state index contributed by atoms with van der Waals surface area (Å²) in [4.78, 5) is 3.35. The van der Waals surface area contributed by atoms with Crippen molar-refractivity contribution in [2.24, 2.45) is 7.05 Å². The third-order valence-electron chi connectivity index (χ3n) is 1.50. The van der Waals surface area contributed by atoms with Crippen molar-refractivity contribution >= 4 is 23.3 Å². The number of H-pyrrole nitrogens is 1. The normalized spacial score (nSPS) is 10.6. The highest BCUT2D eigenvalue weighted by Gasteiger charge is 2.01. The zero-order chi connectivity index (χ0) is 7.84. The molecule has 56 valence electrons. The van der Waals surface area contributed by atoms with Crippen LogP contribution in [0.2, 0.25) is 0 Å². The van der Waals surface area contributed by atoms with Crippen molar-refractivity contribution in [3.63, 3.8) is 0 Å². The maximum atomic E-state index is 5.17. The smallest absolute Gasteiger partial charge is 0.267 e. The fourth-order valence-corrected chi connectivity index (χ4v) is 1.20. The van der Waals surface area contributed by atoms with E-state index >= 15 is 0 Å². The lowest BCUT2D eigenvalue weighted by atomic mass is 10.4. The Morgan fingerprint density at radius 3 is 3.27 bits per heavy atom. The van der Waals surface area contributed by atoms with E-state index in [1.807, 2.05) is 30.1 Å². The Labute approximate surface area is 68.3 Å². The third-order valence-corrected chi connectivity index (χ3v) is 1.68. The number of nitrogens with zero attached hydrogens (tertiary/aromatic N) is 1. The highest BCUT2D eigenvalue weighted by molar-refractivity contribution is 7.71. The molecule has 0 unspecified atom stereocenters. The van der Waals surface area contributed by atoms with Crippen molar-refractivity contribution in [1.82, 2.24) is 4.98 Å². The summed E-state index contributed by atoms with van der Waals surface area (Å²) >= 11 is 4.82. The maximum Gasteiger partial charge on any atom is 0.267 e. The Kier molecular flexibility index (Phi) is 1.29. The van der Waals surface area contributed by atoms with Gasteiger partial charge in [-0.3, -0.25) is 0 Å². The number of aromatic amines is 1. The molecule has 11 heavy (non-hydrogen) atoms. The predicted molar refractivity (Wildman–Crippen MR) is 42.6 cm³/mol. The minimum Gasteiger partial charge on any atom is -0.429 e. The summed E-state index contributed by atoms with van der Waals surface area (Å²) in [5.41, 5.74) is 1.73. The van der Waals surface area contributed by atoms with Crippen molar-refractivity contribution in [3.05, 3.63) is 23.3 Å². The molecule has 4 heteroatoms. The van der Waals surface area contributed by atoms with Gasteiger partial charge in [-0.05, 0) is 12.2 Å². The molecule has 0 spiro atoms. The van der Waals surface area contributed by atoms with Gasteiger partial charge in [0, 0.05) is 6.07 Å². The number of rotatable bonds is 0. The fraction of sp³-hybridized carbons (Fsp3) is 0.143. The third kappa shape index (κ3) is 1.05. The van der Waals surface area contributed by atoms with Crippen LogP contribution in [-0.4, -0.2) is 4.98 Å². The summed E-state index contributed by atoms with van der Waals surface area (Å²) in [5.74, 6) is 0. The summed E-state index contributed by atoms with van der Waals surface area (Å²) in [6.07, 6.45) is 3.84. The maximum absolute atomic E-state index is 5.17. The van der Waals surface area contributed by atoms with Crippen LogP contribution < -0.4 is 4.57 Å². The number of hydrogen-bond acceptors (Lipinski definition) is 2. The van der Waals surface area contributed by atoms with E-state index in [9.17, 15) is 0 Å². The highest BCUT2D eigenvalue weighted by atomic mass is 32.1. The number of fused-ring (bicyclic) bond motifs is 1. The van der Waals surface area contributed by atoms with E-state index in [-0.39, 0.29) is 0 Å². The lowest BCUT2D eigenvalue weighted by Crippen LogP contribution is -2.25. The molecule has 0 saturated heterocycles. The molecular formula is C7H7N2OS+. The van der Waals surface area contributed by atoms with E-state index in [4.69, 9.17) is 16.6 Å². The Morgan fingerprint density at radius 1 is 1.64 bits per heavy atom. The van der Waals surface area contributed by atoms with Crippen LogP contribution in [0.15, 0.2) is 22.9 Å². The van der Waals surface area contributed by atoms with Gasteiger partial charge in [-0.1, -0.05) is 0 Å². The molecule has 2 aromatic heterocycles. The predicted octanol–water partition coefficient (Wildman–Crippen LogP) is 1.31. The molecule has 0 aliphatic carbocycles. The van der Waals surface area contributed by atoms with Crippen LogP contribution in [0.3, 0.4) is 0 Å². The van der Waals surface area contributed by atoms with Crippen molar-refractivity contribution in [2.75, 3.05) is 0 Å². The lowest BCUT2D eigenvalue weighted by Gasteiger charge is -1.83. The minimum absolute atomic E-state index is 0.422. The first-order valence-electron chi connectivity index (χ1n) is 3.24. The molecule has 0 radical (unpaired) electrons. The second kappa shape index (κ2) is 2.17. The molecule has 3 nitrogen and oxygen atoms in total. The zero-order valence-corrected chi connectivity index (χ0v) is 6.81. The number of aryl methyl sites for hydroxylation is 1. The van der Waals surface area contributed by atoms with Crippen LogP contribution in [0.5, 0.6) is 0 Å². The van der Waals surface area contributed by atoms with Gasteiger partial charge in [0.25, 0.3) is 4.84 Å². The molecule has 0 aliphatic rings. The molecule has 2 heterocycles. The van der Waals surface area contributed by atoms with Gasteiger partial charge in [0.05, 0.1) is 0 Å². The molecule has 0 amide bonds. The van der Waals surface area contributed by atoms with E-state index in [1.54, 1.807) is 0 Å². The Balaban J connectivity index is 2.92. The van der Waals surface area contributed by atoms with Crippen molar-refractivity contribution in [1.29, 1.82) is 0 Å². The first-order valence-corrected chi connectivity index (χ1v) is 3.64. The Bertz CT molecular complexity index is 443. The largest absolute Gasteiger partial charge is 0.429 e. The summed E-state index contributed by atoms with van der Waals surface area (Å²) in [5, 5.41) is 0. The second-order valence-electron chi connectivity index (χ2n) is 2.40. The van der Waals surface area contributed by atoms with Crippen LogP contribution in [0.1, 0.15) is 0 Å². The number of aromatic nitrogens is 2. The van der Waals surface area contributed by atoms with Gasteiger partial charge in [-0.15, -0.1) is 0 Å². The standard InChI is InChI=1S/C7H6N2OS/c1-9-3-2-6-5(4-9)8-7(11)10-6/h2-4H,1H3/p+1. The van der Waals surface area contributed by atoms with Gasteiger partial charge in [0.1, 0.15) is 12.6 Å². The van der Waals surface area contributed by atoms with Crippen LogP contribution in [0.25, 0.3) is 11.1 Å². The van der Waals surface area contributed by atoms with Crippen LogP contribution in [0, 0.1) is 4.84 Å². The monoisotopic (exact) mass is 167 g/mol. The topological polar surface area (TPSA) is 32.8 Å². The van der Waals surface area contributed by atoms with Gasteiger partial charge in [-0.25, -0.2) is 4.57 Å². The minimum atomic E-state index is 0.422. The lowest BCUT2D eigenvalue weighted by molar-refractivity contribution is -0.670. The molecular weight excluding hydrogens is 160 g/mol. The van der Waals surface area contributed by atoms with E-state index in [2.05, 4.69) is 4.98 Å². The van der Waals surface area contributed by atoms with Gasteiger partial charge in [0.15, 0.2) is 18.0 Å². The summed E-state index contributed by atoms with van der Waals surface area (Å²) in [7, 11) is 1.95. The van der Waals surface area contributed by atoms with Gasteiger partial charge in [-0.2, -0.15) is 0 Å². The Hall–Kier alpha value is -1.16. The fourth-order valence-electron chi connectivity index (χ4n) is 1.00. The number of oxazole rings is 1. The van der Waals surface area contributed by atoms with Crippen molar-refractivity contribution < 1.29 is 8.98 Å². The van der Waals surface area contributed by atoms with E-state index in [0.717, 1.165) is 11.1 Å². The first-order chi connectivity index (χ1) is 5.25. The zero-order valence-electron chi connectivity index (χ0n) is 6.00. The molecule has 2 rings (SSSR count). The van der Waals surface area contributed by atoms with Crippen molar-refractivity contribution in [3.8, 4) is 0 Å². The quantitative estimate of drug-likeness (QED) is 0.474. The molecule has 0 aliphatic heterocycles. The van der Waals surface area contributed by atoms with Crippen LogP contribution >= 0.6 is 12.2 Å².